The third kappa shape index (κ3) is 3.86. The molecule has 0 radical (unpaired) electrons. The summed E-state index contributed by atoms with van der Waals surface area (Å²) in [6.07, 6.45) is 3.92. The Kier molecular flexibility index (Phi) is 5.01. The minimum atomic E-state index is -0.310. The Bertz CT molecular complexity index is 844. The van der Waals surface area contributed by atoms with E-state index >= 15 is 0 Å². The molecule has 1 atom stereocenters. The maximum absolute atomic E-state index is 12.4. The molecule has 0 spiro atoms. The molecule has 0 aliphatic heterocycles. The minimum Gasteiger partial charge on any atom is -0.469 e. The highest BCUT2D eigenvalue weighted by atomic mass is 35.5. The summed E-state index contributed by atoms with van der Waals surface area (Å²) < 4.78 is 6.69. The van der Waals surface area contributed by atoms with Gasteiger partial charge < -0.3 is 9.73 Å². The van der Waals surface area contributed by atoms with E-state index in [0.717, 1.165) is 11.3 Å². The molecule has 0 bridgehead atoms. The van der Waals surface area contributed by atoms with E-state index in [0.29, 0.717) is 18.7 Å². The first-order valence-corrected chi connectivity index (χ1v) is 8.10. The Balaban J connectivity index is 1.73. The molecule has 1 aromatic carbocycles. The molecule has 0 fully saturated rings. The summed E-state index contributed by atoms with van der Waals surface area (Å²) in [5.74, 6) is 0.872. The van der Waals surface area contributed by atoms with Crippen LogP contribution in [-0.4, -0.2) is 15.8 Å². The highest BCUT2D eigenvalue weighted by molar-refractivity contribution is 6.32. The molecule has 0 aliphatic rings. The number of nitrogens with zero attached hydrogens (tertiary/aromatic N) is 2. The zero-order valence-corrected chi connectivity index (χ0v) is 14.0. The Morgan fingerprint density at radius 3 is 2.75 bits per heavy atom. The van der Waals surface area contributed by atoms with Crippen LogP contribution in [0.15, 0.2) is 64.1 Å². The largest absolute Gasteiger partial charge is 0.469 e. The lowest BCUT2D eigenvalue weighted by Gasteiger charge is -2.15. The Hall–Kier alpha value is -2.53. The van der Waals surface area contributed by atoms with Crippen molar-refractivity contribution in [3.8, 4) is 0 Å². The van der Waals surface area contributed by atoms with Crippen molar-refractivity contribution >= 4 is 17.3 Å². The average Bonchev–Trinajstić information content (AvgIpc) is 3.08. The zero-order valence-electron chi connectivity index (χ0n) is 13.3. The summed E-state index contributed by atoms with van der Waals surface area (Å²) >= 11 is 6.23. The van der Waals surface area contributed by atoms with Gasteiger partial charge in [0.15, 0.2) is 0 Å². The maximum atomic E-state index is 12.4. The second kappa shape index (κ2) is 7.36. The summed E-state index contributed by atoms with van der Waals surface area (Å²) in [5, 5.41) is 7.58. The van der Waals surface area contributed by atoms with Gasteiger partial charge in [-0.1, -0.05) is 41.9 Å². The molecule has 2 heterocycles. The van der Waals surface area contributed by atoms with Crippen molar-refractivity contribution in [3.05, 3.63) is 81.6 Å². The Morgan fingerprint density at radius 1 is 1.25 bits per heavy atom. The van der Waals surface area contributed by atoms with Crippen molar-refractivity contribution in [1.82, 2.24) is 9.78 Å². The molecule has 0 amide bonds. The summed E-state index contributed by atoms with van der Waals surface area (Å²) in [4.78, 5) is 12.4. The molecule has 2 aromatic heterocycles. The number of rotatable bonds is 6. The van der Waals surface area contributed by atoms with Gasteiger partial charge in [0.25, 0.3) is 5.56 Å². The van der Waals surface area contributed by atoms with Crippen molar-refractivity contribution in [2.45, 2.75) is 25.9 Å². The van der Waals surface area contributed by atoms with Crippen LogP contribution in [0, 0.1) is 0 Å². The minimum absolute atomic E-state index is 0.0554. The van der Waals surface area contributed by atoms with Crippen LogP contribution in [0.5, 0.6) is 0 Å². The first-order valence-electron chi connectivity index (χ1n) is 7.72. The van der Waals surface area contributed by atoms with Crippen molar-refractivity contribution in [3.63, 3.8) is 0 Å². The predicted molar refractivity (Wildman–Crippen MR) is 94.5 cm³/mol. The van der Waals surface area contributed by atoms with E-state index in [1.54, 1.807) is 12.5 Å². The smallest absolute Gasteiger partial charge is 0.287 e. The lowest BCUT2D eigenvalue weighted by molar-refractivity contribution is 0.497. The number of nitrogens with one attached hydrogen (secondary N) is 1. The highest BCUT2D eigenvalue weighted by Gasteiger charge is 2.13. The van der Waals surface area contributed by atoms with E-state index < -0.39 is 0 Å². The number of hydrogen-bond donors (Lipinski definition) is 1. The van der Waals surface area contributed by atoms with Gasteiger partial charge in [0.1, 0.15) is 10.8 Å². The number of furan rings is 1. The Morgan fingerprint density at radius 2 is 2.04 bits per heavy atom. The van der Waals surface area contributed by atoms with Gasteiger partial charge in [-0.3, -0.25) is 4.79 Å². The van der Waals surface area contributed by atoms with Crippen LogP contribution in [0.25, 0.3) is 0 Å². The van der Waals surface area contributed by atoms with Gasteiger partial charge in [-0.25, -0.2) is 4.68 Å². The van der Waals surface area contributed by atoms with Crippen molar-refractivity contribution in [2.24, 2.45) is 0 Å². The van der Waals surface area contributed by atoms with Crippen LogP contribution in [0.4, 0.5) is 5.69 Å². The monoisotopic (exact) mass is 343 g/mol. The quantitative estimate of drug-likeness (QED) is 0.743. The van der Waals surface area contributed by atoms with Crippen LogP contribution < -0.4 is 10.9 Å². The van der Waals surface area contributed by atoms with E-state index in [2.05, 4.69) is 10.4 Å². The molecule has 0 aliphatic carbocycles. The van der Waals surface area contributed by atoms with Gasteiger partial charge >= 0.3 is 0 Å². The summed E-state index contributed by atoms with van der Waals surface area (Å²) in [6.45, 7) is 2.38. The van der Waals surface area contributed by atoms with Gasteiger partial charge in [-0.2, -0.15) is 5.10 Å². The first-order chi connectivity index (χ1) is 11.6. The maximum Gasteiger partial charge on any atom is 0.287 e. The fraction of sp³-hybridized carbons (Fsp3) is 0.222. The average molecular weight is 344 g/mol. The molecule has 124 valence electrons. The zero-order chi connectivity index (χ0) is 16.9. The number of hydrogen-bond acceptors (Lipinski definition) is 4. The standard InChI is InChI=1S/C18H18ClN3O2/c1-13(10-15-8-5-9-24-15)21-16-11-20-22(18(23)17(16)19)12-14-6-3-2-4-7-14/h2-9,11,13,21H,10,12H2,1H3/t13-/m0/s1. The SMILES string of the molecule is C[C@@H](Cc1ccco1)Nc1cnn(Cc2ccccc2)c(=O)c1Cl. The third-order valence-corrected chi connectivity index (χ3v) is 4.01. The second-order valence-electron chi connectivity index (χ2n) is 5.65. The first kappa shape index (κ1) is 16.3. The molecule has 3 rings (SSSR count). The fourth-order valence-electron chi connectivity index (χ4n) is 2.48. The summed E-state index contributed by atoms with van der Waals surface area (Å²) in [5.41, 5.74) is 1.22. The van der Waals surface area contributed by atoms with E-state index in [4.69, 9.17) is 16.0 Å². The van der Waals surface area contributed by atoms with Crippen molar-refractivity contribution in [2.75, 3.05) is 5.32 Å². The topological polar surface area (TPSA) is 60.1 Å². The molecular formula is C18H18ClN3O2. The molecule has 24 heavy (non-hydrogen) atoms. The van der Waals surface area contributed by atoms with Gasteiger partial charge in [-0.15, -0.1) is 0 Å². The predicted octanol–water partition coefficient (Wildman–Crippen LogP) is 3.58. The number of anilines is 1. The van der Waals surface area contributed by atoms with E-state index in [1.807, 2.05) is 49.4 Å². The van der Waals surface area contributed by atoms with Crippen LogP contribution in [-0.2, 0) is 13.0 Å². The lowest BCUT2D eigenvalue weighted by Crippen LogP contribution is -2.26. The van der Waals surface area contributed by atoms with Gasteiger partial charge in [0.2, 0.25) is 0 Å². The fourth-order valence-corrected chi connectivity index (χ4v) is 2.68. The van der Waals surface area contributed by atoms with Crippen LogP contribution in [0.2, 0.25) is 5.02 Å². The van der Waals surface area contributed by atoms with Crippen LogP contribution in [0.3, 0.4) is 0 Å². The van der Waals surface area contributed by atoms with E-state index in [9.17, 15) is 4.79 Å². The van der Waals surface area contributed by atoms with Crippen LogP contribution >= 0.6 is 11.6 Å². The summed E-state index contributed by atoms with van der Waals surface area (Å²) in [7, 11) is 0. The summed E-state index contributed by atoms with van der Waals surface area (Å²) in [6, 6.07) is 13.5. The second-order valence-corrected chi connectivity index (χ2v) is 6.03. The number of halogens is 1. The van der Waals surface area contributed by atoms with Crippen LogP contribution in [0.1, 0.15) is 18.2 Å². The van der Waals surface area contributed by atoms with Crippen molar-refractivity contribution in [1.29, 1.82) is 0 Å². The normalized spacial score (nSPS) is 12.1. The molecule has 1 N–H and O–H groups in total. The van der Waals surface area contributed by atoms with E-state index in [1.165, 1.54) is 4.68 Å². The van der Waals surface area contributed by atoms with E-state index in [-0.39, 0.29) is 16.6 Å². The molecule has 5 nitrogen and oxygen atoms in total. The van der Waals surface area contributed by atoms with Gasteiger partial charge in [-0.05, 0) is 24.6 Å². The van der Waals surface area contributed by atoms with Gasteiger partial charge in [0, 0.05) is 12.5 Å². The highest BCUT2D eigenvalue weighted by Crippen LogP contribution is 2.18. The Labute approximate surface area is 144 Å². The molecule has 0 saturated carbocycles. The molecule has 6 heteroatoms. The molecule has 0 unspecified atom stereocenters. The molecule has 0 saturated heterocycles. The number of aromatic nitrogens is 2. The van der Waals surface area contributed by atoms with Crippen molar-refractivity contribution < 1.29 is 4.42 Å². The molecule has 3 aromatic rings. The third-order valence-electron chi connectivity index (χ3n) is 3.65. The molecular weight excluding hydrogens is 326 g/mol. The lowest BCUT2D eigenvalue weighted by atomic mass is 10.2. The van der Waals surface area contributed by atoms with Gasteiger partial charge in [0.05, 0.1) is 24.7 Å². The number of benzene rings is 1.